The fraction of sp³-hybridized carbons (Fsp3) is 0.0833. The lowest BCUT2D eigenvalue weighted by molar-refractivity contribution is -0.137. The van der Waals surface area contributed by atoms with Crippen molar-refractivity contribution in [2.24, 2.45) is 0 Å². The van der Waals surface area contributed by atoms with Crippen LogP contribution in [0, 0.1) is 11.6 Å². The third-order valence-electron chi connectivity index (χ3n) is 5.23. The molecule has 0 atom stereocenters. The van der Waals surface area contributed by atoms with E-state index >= 15 is 0 Å². The lowest BCUT2D eigenvalue weighted by atomic mass is 10.0. The van der Waals surface area contributed by atoms with Crippen molar-refractivity contribution >= 4 is 23.1 Å². The van der Waals surface area contributed by atoms with Crippen LogP contribution in [0.2, 0.25) is 0 Å². The number of hydrogen-bond acceptors (Lipinski definition) is 5. The summed E-state index contributed by atoms with van der Waals surface area (Å²) in [6.45, 7) is -0.141. The summed E-state index contributed by atoms with van der Waals surface area (Å²) in [5.74, 6) is -1.14. The summed E-state index contributed by atoms with van der Waals surface area (Å²) in [6.07, 6.45) is 0. The first-order valence-corrected chi connectivity index (χ1v) is 9.78. The molecule has 160 valence electrons. The molecule has 8 heteroatoms. The number of carbonyl (C=O) groups is 2. The first-order valence-electron chi connectivity index (χ1n) is 9.78. The number of ether oxygens (including phenoxy) is 2. The molecule has 5 rings (SSSR count). The molecule has 0 spiro atoms. The summed E-state index contributed by atoms with van der Waals surface area (Å²) in [6, 6.07) is 16.2. The third-order valence-corrected chi connectivity index (χ3v) is 5.23. The van der Waals surface area contributed by atoms with Crippen LogP contribution in [0.3, 0.4) is 0 Å². The molecule has 0 saturated heterocycles. The van der Waals surface area contributed by atoms with Gasteiger partial charge in [0.1, 0.15) is 17.3 Å². The number of carbonyl (C=O) groups excluding carboxylic acids is 2. The standard InChI is InChI=1S/C24H16F2N2O4/c25-16-7-5-14(6-8-16)21-22(27-17-9-10-19-20(11-17)32-13-31-19)24(30)28(23(21)29)12-15-3-1-2-4-18(15)26/h1-11,27H,12-13H2. The maximum Gasteiger partial charge on any atom is 0.278 e. The maximum atomic E-state index is 14.2. The van der Waals surface area contributed by atoms with Gasteiger partial charge in [-0.25, -0.2) is 8.78 Å². The van der Waals surface area contributed by atoms with Crippen LogP contribution in [0.4, 0.5) is 14.5 Å². The summed E-state index contributed by atoms with van der Waals surface area (Å²) in [4.78, 5) is 27.5. The highest BCUT2D eigenvalue weighted by atomic mass is 19.1. The van der Waals surface area contributed by atoms with E-state index in [1.54, 1.807) is 24.3 Å². The number of anilines is 1. The SMILES string of the molecule is O=C1C(Nc2ccc3c(c2)OCO3)=C(c2ccc(F)cc2)C(=O)N1Cc1ccccc1F. The van der Waals surface area contributed by atoms with E-state index in [0.29, 0.717) is 22.7 Å². The number of amides is 2. The number of benzene rings is 3. The topological polar surface area (TPSA) is 67.9 Å². The van der Waals surface area contributed by atoms with Gasteiger partial charge in [-0.3, -0.25) is 14.5 Å². The van der Waals surface area contributed by atoms with Gasteiger partial charge in [0.25, 0.3) is 11.8 Å². The molecule has 0 saturated carbocycles. The van der Waals surface area contributed by atoms with Crippen molar-refractivity contribution in [2.75, 3.05) is 12.1 Å². The second-order valence-corrected chi connectivity index (χ2v) is 7.24. The third kappa shape index (κ3) is 3.45. The molecular weight excluding hydrogens is 418 g/mol. The van der Waals surface area contributed by atoms with E-state index < -0.39 is 23.4 Å². The van der Waals surface area contributed by atoms with Crippen molar-refractivity contribution in [1.82, 2.24) is 4.90 Å². The molecule has 0 bridgehead atoms. The van der Waals surface area contributed by atoms with Gasteiger partial charge in [-0.05, 0) is 35.9 Å². The normalized spacial score (nSPS) is 15.0. The van der Waals surface area contributed by atoms with Gasteiger partial charge in [0.15, 0.2) is 11.5 Å². The maximum absolute atomic E-state index is 14.2. The Hall–Kier alpha value is -4.20. The molecule has 0 aromatic heterocycles. The lowest BCUT2D eigenvalue weighted by Crippen LogP contribution is -2.32. The van der Waals surface area contributed by atoms with E-state index in [1.165, 1.54) is 42.5 Å². The zero-order valence-corrected chi connectivity index (χ0v) is 16.6. The van der Waals surface area contributed by atoms with Crippen LogP contribution in [0.5, 0.6) is 11.5 Å². The van der Waals surface area contributed by atoms with Crippen molar-refractivity contribution in [3.8, 4) is 11.5 Å². The molecule has 1 N–H and O–H groups in total. The molecule has 0 aliphatic carbocycles. The molecule has 32 heavy (non-hydrogen) atoms. The Bertz CT molecular complexity index is 1270. The van der Waals surface area contributed by atoms with Crippen LogP contribution >= 0.6 is 0 Å². The van der Waals surface area contributed by atoms with E-state index in [0.717, 1.165) is 4.90 Å². The van der Waals surface area contributed by atoms with E-state index in [-0.39, 0.29) is 30.2 Å². The average Bonchev–Trinajstić information content (AvgIpc) is 3.34. The fourth-order valence-electron chi connectivity index (χ4n) is 3.64. The molecule has 2 aliphatic rings. The number of nitrogens with zero attached hydrogens (tertiary/aromatic N) is 1. The Balaban J connectivity index is 1.54. The van der Waals surface area contributed by atoms with Gasteiger partial charge < -0.3 is 14.8 Å². The zero-order chi connectivity index (χ0) is 22.2. The first-order chi connectivity index (χ1) is 15.5. The second-order valence-electron chi connectivity index (χ2n) is 7.24. The Kier molecular flexibility index (Phi) is 4.82. The van der Waals surface area contributed by atoms with Gasteiger partial charge in [-0.2, -0.15) is 0 Å². The Morgan fingerprint density at radius 3 is 2.41 bits per heavy atom. The van der Waals surface area contributed by atoms with Crippen LogP contribution in [0.1, 0.15) is 11.1 Å². The van der Waals surface area contributed by atoms with E-state index in [9.17, 15) is 18.4 Å². The average molecular weight is 434 g/mol. The van der Waals surface area contributed by atoms with Crippen molar-refractivity contribution in [3.05, 3.63) is 95.2 Å². The zero-order valence-electron chi connectivity index (χ0n) is 16.6. The van der Waals surface area contributed by atoms with Crippen molar-refractivity contribution < 1.29 is 27.8 Å². The van der Waals surface area contributed by atoms with Gasteiger partial charge in [0.05, 0.1) is 12.1 Å². The minimum atomic E-state index is -0.616. The first kappa shape index (κ1) is 19.7. The second kappa shape index (κ2) is 7.81. The van der Waals surface area contributed by atoms with E-state index in [1.807, 2.05) is 0 Å². The van der Waals surface area contributed by atoms with Gasteiger partial charge in [-0.15, -0.1) is 0 Å². The predicted octanol–water partition coefficient (Wildman–Crippen LogP) is 4.09. The summed E-state index contributed by atoms with van der Waals surface area (Å²) in [5, 5.41) is 2.99. The molecule has 6 nitrogen and oxygen atoms in total. The summed E-state index contributed by atoms with van der Waals surface area (Å²) < 4.78 is 38.3. The van der Waals surface area contributed by atoms with Crippen LogP contribution in [-0.2, 0) is 16.1 Å². The molecule has 2 aliphatic heterocycles. The Morgan fingerprint density at radius 1 is 0.875 bits per heavy atom. The molecule has 3 aromatic carbocycles. The number of halogens is 2. The molecule has 2 amide bonds. The summed E-state index contributed by atoms with van der Waals surface area (Å²) in [7, 11) is 0. The Labute approximate surface area is 181 Å². The number of fused-ring (bicyclic) bond motifs is 1. The molecule has 3 aromatic rings. The van der Waals surface area contributed by atoms with Crippen molar-refractivity contribution in [1.29, 1.82) is 0 Å². The Morgan fingerprint density at radius 2 is 1.62 bits per heavy atom. The number of hydrogen-bond donors (Lipinski definition) is 1. The van der Waals surface area contributed by atoms with Crippen molar-refractivity contribution in [2.45, 2.75) is 6.54 Å². The summed E-state index contributed by atoms with van der Waals surface area (Å²) in [5.41, 5.74) is 1.15. The van der Waals surface area contributed by atoms with Gasteiger partial charge in [-0.1, -0.05) is 30.3 Å². The highest BCUT2D eigenvalue weighted by Crippen LogP contribution is 2.37. The predicted molar refractivity (Wildman–Crippen MR) is 111 cm³/mol. The van der Waals surface area contributed by atoms with Crippen LogP contribution < -0.4 is 14.8 Å². The molecular formula is C24H16F2N2O4. The van der Waals surface area contributed by atoms with Crippen LogP contribution in [-0.4, -0.2) is 23.5 Å². The lowest BCUT2D eigenvalue weighted by Gasteiger charge is -2.16. The minimum absolute atomic E-state index is 0.0109. The van der Waals surface area contributed by atoms with E-state index in [2.05, 4.69) is 5.32 Å². The molecule has 0 fully saturated rings. The number of rotatable bonds is 5. The highest BCUT2D eigenvalue weighted by molar-refractivity contribution is 6.36. The summed E-state index contributed by atoms with van der Waals surface area (Å²) >= 11 is 0. The van der Waals surface area contributed by atoms with Gasteiger partial charge in [0, 0.05) is 17.3 Å². The minimum Gasteiger partial charge on any atom is -0.454 e. The van der Waals surface area contributed by atoms with Crippen LogP contribution in [0.15, 0.2) is 72.4 Å². The molecule has 0 radical (unpaired) electrons. The number of nitrogens with one attached hydrogen (secondary N) is 1. The highest BCUT2D eigenvalue weighted by Gasteiger charge is 2.39. The van der Waals surface area contributed by atoms with Crippen molar-refractivity contribution in [3.63, 3.8) is 0 Å². The molecule has 0 unspecified atom stereocenters. The quantitative estimate of drug-likeness (QED) is 0.613. The van der Waals surface area contributed by atoms with Gasteiger partial charge >= 0.3 is 0 Å². The number of imide groups is 1. The monoisotopic (exact) mass is 434 g/mol. The fourth-order valence-corrected chi connectivity index (χ4v) is 3.64. The van der Waals surface area contributed by atoms with Gasteiger partial charge in [0.2, 0.25) is 6.79 Å². The van der Waals surface area contributed by atoms with E-state index in [4.69, 9.17) is 9.47 Å². The molecule has 2 heterocycles. The van der Waals surface area contributed by atoms with Crippen LogP contribution in [0.25, 0.3) is 5.57 Å². The smallest absolute Gasteiger partial charge is 0.278 e. The largest absolute Gasteiger partial charge is 0.454 e.